The number of nitrogens with one attached hydrogen (secondary N) is 1. The van der Waals surface area contributed by atoms with E-state index in [1.807, 2.05) is 11.6 Å². The number of halogens is 1. The molecule has 0 amide bonds. The number of aliphatic carboxylic acids is 1. The monoisotopic (exact) mass is 319 g/mol. The average Bonchev–Trinajstić information content (AvgIpc) is 3.10. The summed E-state index contributed by atoms with van der Waals surface area (Å²) in [5, 5.41) is 13.7. The number of carbonyl (C=O) groups is 2. The van der Waals surface area contributed by atoms with Crippen LogP contribution in [0.15, 0.2) is 41.2 Å². The molecule has 1 atom stereocenters. The van der Waals surface area contributed by atoms with Gasteiger partial charge in [-0.1, -0.05) is 0 Å². The third kappa shape index (κ3) is 2.87. The molecule has 0 radical (unpaired) electrons. The Balaban J connectivity index is 1.78. The Kier molecular flexibility index (Phi) is 3.94. The molecule has 0 bridgehead atoms. The Bertz CT molecular complexity index is 730. The molecular weight excluding hydrogens is 305 g/mol. The Morgan fingerprint density at radius 1 is 1.41 bits per heavy atom. The summed E-state index contributed by atoms with van der Waals surface area (Å²) in [6.45, 7) is 0. The lowest BCUT2D eigenvalue weighted by molar-refractivity contribution is -0.136. The topological polar surface area (TPSA) is 66.4 Å². The number of rotatable bonds is 5. The van der Waals surface area contributed by atoms with Crippen LogP contribution in [0.1, 0.15) is 34.5 Å². The number of carboxylic acid groups (broad SMARTS) is 1. The van der Waals surface area contributed by atoms with Crippen LogP contribution in [0, 0.1) is 0 Å². The highest BCUT2D eigenvalue weighted by Crippen LogP contribution is 2.36. The lowest BCUT2D eigenvalue weighted by Gasteiger charge is -2.16. The first-order chi connectivity index (χ1) is 10.5. The highest BCUT2D eigenvalue weighted by atomic mass is 32.1. The first-order valence-corrected chi connectivity index (χ1v) is 7.80. The molecule has 1 aromatic rings. The van der Waals surface area contributed by atoms with Crippen molar-refractivity contribution in [2.45, 2.75) is 25.3 Å². The molecule has 0 saturated heterocycles. The second kappa shape index (κ2) is 5.88. The van der Waals surface area contributed by atoms with E-state index in [1.54, 1.807) is 12.1 Å². The average molecular weight is 319 g/mol. The van der Waals surface area contributed by atoms with Gasteiger partial charge in [-0.25, -0.2) is 4.39 Å². The molecule has 1 unspecified atom stereocenters. The zero-order valence-electron chi connectivity index (χ0n) is 11.6. The normalized spacial score (nSPS) is 19.7. The van der Waals surface area contributed by atoms with Gasteiger partial charge in [0.1, 0.15) is 5.83 Å². The van der Waals surface area contributed by atoms with Gasteiger partial charge in [-0.05, 0) is 41.2 Å². The fourth-order valence-corrected chi connectivity index (χ4v) is 3.45. The van der Waals surface area contributed by atoms with Gasteiger partial charge in [0.05, 0.1) is 17.3 Å². The number of thiophene rings is 1. The van der Waals surface area contributed by atoms with Gasteiger partial charge in [-0.15, -0.1) is 11.3 Å². The second-order valence-electron chi connectivity index (χ2n) is 5.22. The van der Waals surface area contributed by atoms with E-state index in [1.165, 1.54) is 17.4 Å². The molecule has 114 valence electrons. The third-order valence-electron chi connectivity index (χ3n) is 3.71. The van der Waals surface area contributed by atoms with E-state index in [0.29, 0.717) is 11.3 Å². The fourth-order valence-electron chi connectivity index (χ4n) is 2.57. The number of hydrogen-bond donors (Lipinski definition) is 2. The minimum atomic E-state index is -0.981. The van der Waals surface area contributed by atoms with E-state index in [9.17, 15) is 14.0 Å². The van der Waals surface area contributed by atoms with Crippen molar-refractivity contribution in [1.29, 1.82) is 0 Å². The molecule has 0 fully saturated rings. The van der Waals surface area contributed by atoms with E-state index in [2.05, 4.69) is 5.32 Å². The molecule has 1 aliphatic heterocycles. The first-order valence-electron chi connectivity index (χ1n) is 6.92. The smallest absolute Gasteiger partial charge is 0.303 e. The van der Waals surface area contributed by atoms with E-state index < -0.39 is 5.97 Å². The van der Waals surface area contributed by atoms with Crippen LogP contribution in [0.3, 0.4) is 0 Å². The molecule has 0 aromatic carbocycles. The quantitative estimate of drug-likeness (QED) is 0.817. The Morgan fingerprint density at radius 3 is 3.00 bits per heavy atom. The van der Waals surface area contributed by atoms with Gasteiger partial charge in [0.2, 0.25) is 0 Å². The molecule has 2 heterocycles. The maximum absolute atomic E-state index is 13.4. The van der Waals surface area contributed by atoms with Crippen molar-refractivity contribution in [3.05, 3.63) is 51.6 Å². The van der Waals surface area contributed by atoms with Gasteiger partial charge in [-0.2, -0.15) is 0 Å². The van der Waals surface area contributed by atoms with Crippen LogP contribution in [0.4, 0.5) is 4.39 Å². The Hall–Kier alpha value is -2.21. The van der Waals surface area contributed by atoms with Crippen molar-refractivity contribution in [3.63, 3.8) is 0 Å². The summed E-state index contributed by atoms with van der Waals surface area (Å²) in [5.74, 6) is -1.40. The standard InChI is InChI=1S/C16H14FNO3S/c17-10-1-2-13-11(6-10)12(7-18-13)9-5-15(22-8-9)14(19)3-4-16(20)21/h1,5-8,13,18H,2-4H2,(H,20,21). The minimum Gasteiger partial charge on any atom is -0.481 e. The van der Waals surface area contributed by atoms with Gasteiger partial charge < -0.3 is 10.4 Å². The van der Waals surface area contributed by atoms with Crippen molar-refractivity contribution >= 4 is 28.7 Å². The van der Waals surface area contributed by atoms with E-state index in [-0.39, 0.29) is 30.5 Å². The van der Waals surface area contributed by atoms with Crippen LogP contribution in [0.5, 0.6) is 0 Å². The number of hydrogen-bond acceptors (Lipinski definition) is 4. The van der Waals surface area contributed by atoms with Crippen molar-refractivity contribution in [1.82, 2.24) is 5.32 Å². The maximum atomic E-state index is 13.4. The van der Waals surface area contributed by atoms with Crippen LogP contribution >= 0.6 is 11.3 Å². The summed E-state index contributed by atoms with van der Waals surface area (Å²) in [6, 6.07) is 1.84. The SMILES string of the molecule is O=C(O)CCC(=O)c1cc(C2=CNC3CC=C(F)C=C23)cs1. The summed E-state index contributed by atoms with van der Waals surface area (Å²) in [7, 11) is 0. The fraction of sp³-hybridized carbons (Fsp3) is 0.250. The van der Waals surface area contributed by atoms with Gasteiger partial charge in [0.15, 0.2) is 5.78 Å². The summed E-state index contributed by atoms with van der Waals surface area (Å²) in [5.41, 5.74) is 2.64. The zero-order valence-corrected chi connectivity index (χ0v) is 12.5. The predicted octanol–water partition coefficient (Wildman–Crippen LogP) is 3.29. The van der Waals surface area contributed by atoms with Crippen LogP contribution in [0.25, 0.3) is 5.57 Å². The molecule has 3 rings (SSSR count). The highest BCUT2D eigenvalue weighted by molar-refractivity contribution is 7.12. The van der Waals surface area contributed by atoms with Crippen molar-refractivity contribution < 1.29 is 19.1 Å². The highest BCUT2D eigenvalue weighted by Gasteiger charge is 2.27. The van der Waals surface area contributed by atoms with E-state index in [4.69, 9.17) is 5.11 Å². The van der Waals surface area contributed by atoms with Gasteiger partial charge in [0, 0.05) is 18.2 Å². The van der Waals surface area contributed by atoms with Crippen LogP contribution in [0.2, 0.25) is 0 Å². The predicted molar refractivity (Wildman–Crippen MR) is 82.3 cm³/mol. The van der Waals surface area contributed by atoms with Crippen LogP contribution in [-0.2, 0) is 4.79 Å². The number of fused-ring (bicyclic) bond motifs is 1. The molecule has 0 spiro atoms. The Morgan fingerprint density at radius 2 is 2.23 bits per heavy atom. The Labute approximate surface area is 130 Å². The molecule has 2 aliphatic rings. The summed E-state index contributed by atoms with van der Waals surface area (Å²) in [4.78, 5) is 23.0. The number of carboxylic acids is 1. The lowest BCUT2D eigenvalue weighted by atomic mass is 9.92. The number of allylic oxidation sites excluding steroid dienone is 2. The van der Waals surface area contributed by atoms with Crippen LogP contribution < -0.4 is 5.32 Å². The molecule has 22 heavy (non-hydrogen) atoms. The molecular formula is C16H14FNO3S. The zero-order chi connectivity index (χ0) is 15.7. The van der Waals surface area contributed by atoms with Gasteiger partial charge >= 0.3 is 5.97 Å². The summed E-state index contributed by atoms with van der Waals surface area (Å²) in [6.07, 6.45) is 5.34. The molecule has 1 aromatic heterocycles. The number of carbonyl (C=O) groups excluding carboxylic acids is 1. The number of ketones is 1. The van der Waals surface area contributed by atoms with Crippen molar-refractivity contribution in [2.24, 2.45) is 0 Å². The molecule has 2 N–H and O–H groups in total. The molecule has 6 heteroatoms. The van der Waals surface area contributed by atoms with Crippen molar-refractivity contribution in [2.75, 3.05) is 0 Å². The van der Waals surface area contributed by atoms with Crippen LogP contribution in [-0.4, -0.2) is 22.9 Å². The van der Waals surface area contributed by atoms with Crippen molar-refractivity contribution in [3.8, 4) is 0 Å². The summed E-state index contributed by atoms with van der Waals surface area (Å²) < 4.78 is 13.4. The maximum Gasteiger partial charge on any atom is 0.303 e. The van der Waals surface area contributed by atoms with Gasteiger partial charge in [0.25, 0.3) is 0 Å². The third-order valence-corrected chi connectivity index (χ3v) is 4.68. The minimum absolute atomic E-state index is 0.00469. The van der Waals surface area contributed by atoms with E-state index >= 15 is 0 Å². The van der Waals surface area contributed by atoms with E-state index in [0.717, 1.165) is 16.7 Å². The summed E-state index contributed by atoms with van der Waals surface area (Å²) >= 11 is 1.29. The largest absolute Gasteiger partial charge is 0.481 e. The second-order valence-corrected chi connectivity index (χ2v) is 6.13. The number of Topliss-reactive ketones (excluding diaryl/α,β-unsaturated/α-hetero) is 1. The lowest BCUT2D eigenvalue weighted by Crippen LogP contribution is -2.21. The van der Waals surface area contributed by atoms with Gasteiger partial charge in [-0.3, -0.25) is 9.59 Å². The molecule has 4 nitrogen and oxygen atoms in total. The first kappa shape index (κ1) is 14.7. The molecule has 1 aliphatic carbocycles. The molecule has 0 saturated carbocycles.